The second-order valence-corrected chi connectivity index (χ2v) is 5.87. The third-order valence-corrected chi connectivity index (χ3v) is 3.76. The van der Waals surface area contributed by atoms with Crippen LogP contribution in [0.15, 0.2) is 60.9 Å². The van der Waals surface area contributed by atoms with E-state index in [4.69, 9.17) is 0 Å². The minimum absolute atomic E-state index is 0.345. The summed E-state index contributed by atoms with van der Waals surface area (Å²) in [6, 6.07) is 13.6. The quantitative estimate of drug-likeness (QED) is 0.718. The summed E-state index contributed by atoms with van der Waals surface area (Å²) in [6.07, 6.45) is 3.13. The van der Waals surface area contributed by atoms with E-state index < -0.39 is 5.82 Å². The van der Waals surface area contributed by atoms with Crippen LogP contribution in [0.3, 0.4) is 0 Å². The number of aryl methyl sites for hydroxylation is 2. The van der Waals surface area contributed by atoms with Crippen molar-refractivity contribution in [3.05, 3.63) is 83.4 Å². The molecule has 0 bridgehead atoms. The van der Waals surface area contributed by atoms with E-state index in [0.717, 1.165) is 16.8 Å². The Morgan fingerprint density at radius 1 is 1.00 bits per heavy atom. The fourth-order valence-corrected chi connectivity index (χ4v) is 2.43. The van der Waals surface area contributed by atoms with Crippen LogP contribution in [-0.2, 0) is 0 Å². The number of rotatable bonds is 4. The lowest BCUT2D eigenvalue weighted by atomic mass is 10.1. The van der Waals surface area contributed by atoms with Crippen molar-refractivity contribution in [2.45, 2.75) is 13.8 Å². The Morgan fingerprint density at radius 2 is 1.84 bits per heavy atom. The van der Waals surface area contributed by atoms with Crippen LogP contribution >= 0.6 is 0 Å². The minimum atomic E-state index is -0.402. The van der Waals surface area contributed by atoms with Gasteiger partial charge in [-0.15, -0.1) is 0 Å². The summed E-state index contributed by atoms with van der Waals surface area (Å²) in [6.45, 7) is 4.03. The second-order valence-electron chi connectivity index (χ2n) is 5.87. The molecule has 0 aliphatic carbocycles. The highest BCUT2D eigenvalue weighted by Gasteiger charge is 2.09. The van der Waals surface area contributed by atoms with Gasteiger partial charge in [-0.2, -0.15) is 0 Å². The molecule has 0 saturated heterocycles. The number of aromatic nitrogens is 1. The molecule has 0 saturated carbocycles. The van der Waals surface area contributed by atoms with Gasteiger partial charge in [-0.25, -0.2) is 4.39 Å². The van der Waals surface area contributed by atoms with Crippen LogP contribution in [0.2, 0.25) is 0 Å². The molecule has 0 atom stereocenters. The monoisotopic (exact) mass is 335 g/mol. The third-order valence-electron chi connectivity index (χ3n) is 3.76. The second kappa shape index (κ2) is 7.13. The van der Waals surface area contributed by atoms with Crippen molar-refractivity contribution in [1.82, 2.24) is 4.98 Å². The van der Waals surface area contributed by atoms with Crippen molar-refractivity contribution >= 4 is 23.0 Å². The summed E-state index contributed by atoms with van der Waals surface area (Å²) in [5.74, 6) is -0.746. The average molecular weight is 335 g/mol. The zero-order valence-electron chi connectivity index (χ0n) is 14.0. The van der Waals surface area contributed by atoms with E-state index in [1.54, 1.807) is 24.4 Å². The lowest BCUT2D eigenvalue weighted by Crippen LogP contribution is -2.12. The van der Waals surface area contributed by atoms with Crippen molar-refractivity contribution in [2.75, 3.05) is 10.6 Å². The number of carbonyl (C=O) groups is 1. The summed E-state index contributed by atoms with van der Waals surface area (Å²) >= 11 is 0. The first-order chi connectivity index (χ1) is 12.0. The van der Waals surface area contributed by atoms with Crippen LogP contribution in [0.1, 0.15) is 21.5 Å². The Labute approximate surface area is 145 Å². The van der Waals surface area contributed by atoms with Crippen LogP contribution in [0, 0.1) is 19.7 Å². The van der Waals surface area contributed by atoms with E-state index in [1.807, 2.05) is 32.0 Å². The molecule has 2 N–H and O–H groups in total. The summed E-state index contributed by atoms with van der Waals surface area (Å²) in [5.41, 5.74) is 4.70. The van der Waals surface area contributed by atoms with Crippen molar-refractivity contribution < 1.29 is 9.18 Å². The standard InChI is InChI=1S/C20H18FN3O/c1-13-6-7-14(2)19(8-13)23-18-9-15(11-22-12-18)20(25)24-17-5-3-4-16(21)10-17/h3-12,23H,1-2H3,(H,24,25). The Kier molecular flexibility index (Phi) is 4.75. The summed E-state index contributed by atoms with van der Waals surface area (Å²) in [4.78, 5) is 16.5. The molecule has 1 aromatic heterocycles. The predicted octanol–water partition coefficient (Wildman–Crippen LogP) is 4.83. The number of carbonyl (C=O) groups excluding carboxylic acids is 1. The fourth-order valence-electron chi connectivity index (χ4n) is 2.43. The normalized spacial score (nSPS) is 10.4. The Balaban J connectivity index is 1.79. The number of nitrogens with zero attached hydrogens (tertiary/aromatic N) is 1. The molecule has 1 heterocycles. The van der Waals surface area contributed by atoms with Gasteiger partial charge < -0.3 is 10.6 Å². The van der Waals surface area contributed by atoms with E-state index in [2.05, 4.69) is 15.6 Å². The van der Waals surface area contributed by atoms with E-state index >= 15 is 0 Å². The van der Waals surface area contributed by atoms with Crippen molar-refractivity contribution in [3.63, 3.8) is 0 Å². The largest absolute Gasteiger partial charge is 0.354 e. The minimum Gasteiger partial charge on any atom is -0.354 e. The van der Waals surface area contributed by atoms with Gasteiger partial charge in [0.05, 0.1) is 17.4 Å². The third kappa shape index (κ3) is 4.20. The SMILES string of the molecule is Cc1ccc(C)c(Nc2cncc(C(=O)Nc3cccc(F)c3)c2)c1. The highest BCUT2D eigenvalue weighted by atomic mass is 19.1. The molecule has 0 aliphatic rings. The fraction of sp³-hybridized carbons (Fsp3) is 0.100. The maximum absolute atomic E-state index is 13.2. The van der Waals surface area contributed by atoms with Gasteiger partial charge in [0.15, 0.2) is 0 Å². The first-order valence-corrected chi connectivity index (χ1v) is 7.87. The van der Waals surface area contributed by atoms with E-state index in [1.165, 1.54) is 18.3 Å². The van der Waals surface area contributed by atoms with Crippen molar-refractivity contribution in [3.8, 4) is 0 Å². The lowest BCUT2D eigenvalue weighted by molar-refractivity contribution is 0.102. The number of benzene rings is 2. The van der Waals surface area contributed by atoms with Gasteiger partial charge >= 0.3 is 0 Å². The van der Waals surface area contributed by atoms with Gasteiger partial charge in [-0.1, -0.05) is 18.2 Å². The highest BCUT2D eigenvalue weighted by molar-refractivity contribution is 6.04. The molecular formula is C20H18FN3O. The highest BCUT2D eigenvalue weighted by Crippen LogP contribution is 2.22. The molecule has 3 rings (SSSR count). The van der Waals surface area contributed by atoms with Gasteiger partial charge in [-0.05, 0) is 55.3 Å². The molecule has 0 unspecified atom stereocenters. The molecule has 126 valence electrons. The van der Waals surface area contributed by atoms with Crippen LogP contribution in [0.4, 0.5) is 21.5 Å². The molecule has 3 aromatic rings. The first-order valence-electron chi connectivity index (χ1n) is 7.87. The summed E-state index contributed by atoms with van der Waals surface area (Å²) in [7, 11) is 0. The molecule has 0 spiro atoms. The predicted molar refractivity (Wildman–Crippen MR) is 97.8 cm³/mol. The molecule has 0 radical (unpaired) electrons. The number of halogens is 1. The van der Waals surface area contributed by atoms with Gasteiger partial charge in [0.2, 0.25) is 0 Å². The van der Waals surface area contributed by atoms with Crippen molar-refractivity contribution in [2.24, 2.45) is 0 Å². The van der Waals surface area contributed by atoms with E-state index in [9.17, 15) is 9.18 Å². The molecule has 1 amide bonds. The summed E-state index contributed by atoms with van der Waals surface area (Å²) < 4.78 is 13.2. The maximum atomic E-state index is 13.2. The number of hydrogen-bond donors (Lipinski definition) is 2. The van der Waals surface area contributed by atoms with E-state index in [0.29, 0.717) is 16.9 Å². The molecule has 4 nitrogen and oxygen atoms in total. The Bertz CT molecular complexity index is 924. The summed E-state index contributed by atoms with van der Waals surface area (Å²) in [5, 5.41) is 5.94. The van der Waals surface area contributed by atoms with Crippen molar-refractivity contribution in [1.29, 1.82) is 0 Å². The van der Waals surface area contributed by atoms with Gasteiger partial charge in [0.25, 0.3) is 5.91 Å². The number of pyridine rings is 1. The zero-order valence-corrected chi connectivity index (χ0v) is 14.0. The van der Waals surface area contributed by atoms with Crippen LogP contribution in [0.25, 0.3) is 0 Å². The van der Waals surface area contributed by atoms with Crippen LogP contribution < -0.4 is 10.6 Å². The van der Waals surface area contributed by atoms with E-state index in [-0.39, 0.29) is 5.91 Å². The Morgan fingerprint density at radius 3 is 2.64 bits per heavy atom. The topological polar surface area (TPSA) is 54.0 Å². The first kappa shape index (κ1) is 16.6. The number of nitrogens with one attached hydrogen (secondary N) is 2. The number of amides is 1. The smallest absolute Gasteiger partial charge is 0.257 e. The molecule has 0 fully saturated rings. The molecule has 0 aliphatic heterocycles. The molecule has 25 heavy (non-hydrogen) atoms. The van der Waals surface area contributed by atoms with Crippen LogP contribution in [-0.4, -0.2) is 10.9 Å². The number of anilines is 3. The molecule has 5 heteroatoms. The van der Waals surface area contributed by atoms with Gasteiger partial charge in [-0.3, -0.25) is 9.78 Å². The van der Waals surface area contributed by atoms with Gasteiger partial charge in [0.1, 0.15) is 5.82 Å². The maximum Gasteiger partial charge on any atom is 0.257 e. The van der Waals surface area contributed by atoms with Crippen LogP contribution in [0.5, 0.6) is 0 Å². The average Bonchev–Trinajstić information content (AvgIpc) is 2.58. The zero-order chi connectivity index (χ0) is 17.8. The number of hydrogen-bond acceptors (Lipinski definition) is 3. The Hall–Kier alpha value is -3.21. The van der Waals surface area contributed by atoms with Gasteiger partial charge in [0, 0.05) is 17.6 Å². The molecular weight excluding hydrogens is 317 g/mol. The molecule has 2 aromatic carbocycles. The lowest BCUT2D eigenvalue weighted by Gasteiger charge is -2.11.